The third-order valence-corrected chi connectivity index (χ3v) is 3.95. The van der Waals surface area contributed by atoms with Crippen LogP contribution in [0.2, 0.25) is 0 Å². The van der Waals surface area contributed by atoms with Crippen molar-refractivity contribution in [2.75, 3.05) is 6.54 Å². The molecule has 2 aromatic carbocycles. The van der Waals surface area contributed by atoms with E-state index in [4.69, 9.17) is 5.73 Å². The van der Waals surface area contributed by atoms with Crippen LogP contribution in [0.1, 0.15) is 40.9 Å². The third kappa shape index (κ3) is 6.32. The summed E-state index contributed by atoms with van der Waals surface area (Å²) in [6.45, 7) is 2.64. The minimum atomic E-state index is -0.492. The highest BCUT2D eigenvalue weighted by Gasteiger charge is 2.09. The van der Waals surface area contributed by atoms with Crippen molar-refractivity contribution >= 4 is 18.3 Å². The summed E-state index contributed by atoms with van der Waals surface area (Å²) in [5.41, 5.74) is 7.86. The van der Waals surface area contributed by atoms with E-state index >= 15 is 0 Å². The molecule has 0 spiro atoms. The minimum absolute atomic E-state index is 0. The molecule has 1 amide bonds. The standard InChI is InChI=1S/C19H24N2O2.ClH/c1-14(21-13-18(22)16-5-3-2-4-6-16)7-8-15-9-11-17(12-10-15)19(20)23;/h2-6,9-12,14,18,21-22H,7-8,13H2,1H3,(H2,20,23);1H. The fourth-order valence-electron chi connectivity index (χ4n) is 2.43. The quantitative estimate of drug-likeness (QED) is 0.686. The SMILES string of the molecule is CC(CCc1ccc(C(N)=O)cc1)NCC(O)c1ccccc1.Cl. The summed E-state index contributed by atoms with van der Waals surface area (Å²) in [5, 5.41) is 13.5. The van der Waals surface area contributed by atoms with E-state index in [1.165, 1.54) is 5.56 Å². The monoisotopic (exact) mass is 348 g/mol. The number of nitrogens with one attached hydrogen (secondary N) is 1. The van der Waals surface area contributed by atoms with Gasteiger partial charge >= 0.3 is 0 Å². The number of benzene rings is 2. The molecule has 0 heterocycles. The largest absolute Gasteiger partial charge is 0.387 e. The maximum atomic E-state index is 11.0. The molecule has 130 valence electrons. The second kappa shape index (κ2) is 10.1. The fourth-order valence-corrected chi connectivity index (χ4v) is 2.43. The number of hydrogen-bond donors (Lipinski definition) is 3. The molecule has 0 saturated carbocycles. The lowest BCUT2D eigenvalue weighted by Crippen LogP contribution is -2.30. The first-order valence-corrected chi connectivity index (χ1v) is 7.91. The Morgan fingerprint density at radius 1 is 1.12 bits per heavy atom. The molecule has 0 fully saturated rings. The summed E-state index contributed by atoms with van der Waals surface area (Å²) in [6, 6.07) is 17.3. The Labute approximate surface area is 149 Å². The summed E-state index contributed by atoms with van der Waals surface area (Å²) in [6.07, 6.45) is 1.38. The zero-order valence-corrected chi connectivity index (χ0v) is 14.6. The smallest absolute Gasteiger partial charge is 0.248 e. The Balaban J connectivity index is 0.00000288. The van der Waals surface area contributed by atoms with E-state index in [9.17, 15) is 9.90 Å². The number of carbonyl (C=O) groups is 1. The highest BCUT2D eigenvalue weighted by atomic mass is 35.5. The van der Waals surface area contributed by atoms with Gasteiger partial charge in [-0.3, -0.25) is 4.79 Å². The topological polar surface area (TPSA) is 75.4 Å². The van der Waals surface area contributed by atoms with Crippen LogP contribution < -0.4 is 11.1 Å². The summed E-state index contributed by atoms with van der Waals surface area (Å²) in [4.78, 5) is 11.0. The number of halogens is 1. The van der Waals surface area contributed by atoms with Gasteiger partial charge in [0.2, 0.25) is 5.91 Å². The first kappa shape index (κ1) is 20.2. The molecule has 0 aliphatic carbocycles. The second-order valence-electron chi connectivity index (χ2n) is 5.84. The van der Waals surface area contributed by atoms with Crippen LogP contribution >= 0.6 is 12.4 Å². The first-order valence-electron chi connectivity index (χ1n) is 7.91. The van der Waals surface area contributed by atoms with Gasteiger partial charge in [-0.15, -0.1) is 12.4 Å². The van der Waals surface area contributed by atoms with E-state index < -0.39 is 12.0 Å². The molecule has 2 aromatic rings. The van der Waals surface area contributed by atoms with Crippen molar-refractivity contribution < 1.29 is 9.90 Å². The predicted octanol–water partition coefficient (Wildman–Crippen LogP) is 2.85. The lowest BCUT2D eigenvalue weighted by molar-refractivity contribution is 0.100. The Hall–Kier alpha value is -1.88. The Kier molecular flexibility index (Phi) is 8.47. The summed E-state index contributed by atoms with van der Waals surface area (Å²) in [7, 11) is 0. The van der Waals surface area contributed by atoms with Crippen molar-refractivity contribution in [2.45, 2.75) is 31.9 Å². The van der Waals surface area contributed by atoms with E-state index in [1.807, 2.05) is 42.5 Å². The number of rotatable bonds is 8. The van der Waals surface area contributed by atoms with Gasteiger partial charge in [0.05, 0.1) is 6.10 Å². The van der Waals surface area contributed by atoms with Gasteiger partial charge < -0.3 is 16.2 Å². The number of hydrogen-bond acceptors (Lipinski definition) is 3. The van der Waals surface area contributed by atoms with E-state index in [1.54, 1.807) is 12.1 Å². The maximum absolute atomic E-state index is 11.0. The van der Waals surface area contributed by atoms with Crippen molar-refractivity contribution in [3.63, 3.8) is 0 Å². The summed E-state index contributed by atoms with van der Waals surface area (Å²) in [5.74, 6) is -0.401. The Morgan fingerprint density at radius 2 is 1.75 bits per heavy atom. The molecule has 2 unspecified atom stereocenters. The van der Waals surface area contributed by atoms with Crippen LogP contribution in [0.25, 0.3) is 0 Å². The summed E-state index contributed by atoms with van der Waals surface area (Å²) < 4.78 is 0. The maximum Gasteiger partial charge on any atom is 0.248 e. The van der Waals surface area contributed by atoms with Gasteiger partial charge in [-0.1, -0.05) is 42.5 Å². The zero-order valence-electron chi connectivity index (χ0n) is 13.8. The number of carbonyl (C=O) groups excluding carboxylic acids is 1. The van der Waals surface area contributed by atoms with Crippen LogP contribution in [0.15, 0.2) is 54.6 Å². The van der Waals surface area contributed by atoms with Crippen LogP contribution in [0.5, 0.6) is 0 Å². The highest BCUT2D eigenvalue weighted by Crippen LogP contribution is 2.12. The molecule has 0 saturated heterocycles. The molecule has 5 heteroatoms. The molecular weight excluding hydrogens is 324 g/mol. The number of amides is 1. The molecule has 2 atom stereocenters. The van der Waals surface area contributed by atoms with Crippen molar-refractivity contribution in [1.82, 2.24) is 5.32 Å². The molecule has 2 rings (SSSR count). The van der Waals surface area contributed by atoms with Crippen LogP contribution in [0, 0.1) is 0 Å². The second-order valence-corrected chi connectivity index (χ2v) is 5.84. The predicted molar refractivity (Wildman–Crippen MR) is 99.4 cm³/mol. The van der Waals surface area contributed by atoms with E-state index in [0.29, 0.717) is 18.2 Å². The van der Waals surface area contributed by atoms with Crippen molar-refractivity contribution in [3.8, 4) is 0 Å². The lowest BCUT2D eigenvalue weighted by Gasteiger charge is -2.17. The first-order chi connectivity index (χ1) is 11.1. The number of aliphatic hydroxyl groups excluding tert-OH is 1. The molecule has 24 heavy (non-hydrogen) atoms. The van der Waals surface area contributed by atoms with Gasteiger partial charge in [-0.05, 0) is 43.0 Å². The van der Waals surface area contributed by atoms with Gasteiger partial charge in [0, 0.05) is 18.2 Å². The number of aryl methyl sites for hydroxylation is 1. The molecular formula is C19H25ClN2O2. The van der Waals surface area contributed by atoms with Gasteiger partial charge in [0.1, 0.15) is 0 Å². The van der Waals surface area contributed by atoms with Gasteiger partial charge in [-0.2, -0.15) is 0 Å². The Morgan fingerprint density at radius 3 is 2.33 bits per heavy atom. The highest BCUT2D eigenvalue weighted by molar-refractivity contribution is 5.92. The van der Waals surface area contributed by atoms with Gasteiger partial charge in [0.15, 0.2) is 0 Å². The van der Waals surface area contributed by atoms with Crippen LogP contribution in [0.3, 0.4) is 0 Å². The lowest BCUT2D eigenvalue weighted by atomic mass is 10.0. The molecule has 0 aliphatic rings. The van der Waals surface area contributed by atoms with Gasteiger partial charge in [-0.25, -0.2) is 0 Å². The zero-order chi connectivity index (χ0) is 16.7. The van der Waals surface area contributed by atoms with Crippen molar-refractivity contribution in [1.29, 1.82) is 0 Å². The molecule has 0 aliphatic heterocycles. The van der Waals surface area contributed by atoms with Gasteiger partial charge in [0.25, 0.3) is 0 Å². The molecule has 0 aromatic heterocycles. The van der Waals surface area contributed by atoms with Crippen LogP contribution in [0.4, 0.5) is 0 Å². The van der Waals surface area contributed by atoms with Crippen molar-refractivity contribution in [2.24, 2.45) is 5.73 Å². The number of aliphatic hydroxyl groups is 1. The average molecular weight is 349 g/mol. The average Bonchev–Trinajstić information content (AvgIpc) is 2.59. The van der Waals surface area contributed by atoms with E-state index in [-0.39, 0.29) is 12.4 Å². The number of primary amides is 1. The third-order valence-electron chi connectivity index (χ3n) is 3.95. The molecule has 0 bridgehead atoms. The fraction of sp³-hybridized carbons (Fsp3) is 0.316. The molecule has 4 N–H and O–H groups in total. The summed E-state index contributed by atoms with van der Waals surface area (Å²) >= 11 is 0. The normalized spacial score (nSPS) is 12.9. The van der Waals surface area contributed by atoms with E-state index in [0.717, 1.165) is 18.4 Å². The van der Waals surface area contributed by atoms with E-state index in [2.05, 4.69) is 12.2 Å². The van der Waals surface area contributed by atoms with Crippen LogP contribution in [-0.4, -0.2) is 23.6 Å². The molecule has 0 radical (unpaired) electrons. The molecule has 4 nitrogen and oxygen atoms in total. The Bertz CT molecular complexity index is 617. The minimum Gasteiger partial charge on any atom is -0.387 e. The van der Waals surface area contributed by atoms with Crippen LogP contribution in [-0.2, 0) is 6.42 Å². The number of nitrogens with two attached hydrogens (primary N) is 1. The van der Waals surface area contributed by atoms with Crippen molar-refractivity contribution in [3.05, 3.63) is 71.3 Å².